The Kier molecular flexibility index (Phi) is 2.54. The first kappa shape index (κ1) is 11.0. The molecule has 3 nitrogen and oxygen atoms in total. The van der Waals surface area contributed by atoms with Gasteiger partial charge in [-0.05, 0) is 30.5 Å². The Labute approximate surface area is 105 Å². The Morgan fingerprint density at radius 3 is 3.00 bits per heavy atom. The van der Waals surface area contributed by atoms with Gasteiger partial charge >= 0.3 is 5.97 Å². The van der Waals surface area contributed by atoms with Crippen molar-refractivity contribution >= 4 is 23.4 Å². The van der Waals surface area contributed by atoms with E-state index in [1.165, 1.54) is 12.0 Å². The van der Waals surface area contributed by atoms with Crippen LogP contribution in [0.25, 0.3) is 0 Å². The molecule has 0 radical (unpaired) electrons. The van der Waals surface area contributed by atoms with Gasteiger partial charge in [0.2, 0.25) is 0 Å². The van der Waals surface area contributed by atoms with Crippen molar-refractivity contribution in [2.75, 3.05) is 24.7 Å². The van der Waals surface area contributed by atoms with E-state index in [4.69, 9.17) is 4.74 Å². The standard InChI is InChI=1S/C13H15NO2S/c1-16-12(15)13(4-5-13)9-2-3-11-10(8-9)14-6-7-17-11/h2-3,8,14H,4-7H2,1H3. The van der Waals surface area contributed by atoms with Crippen LogP contribution in [0.2, 0.25) is 0 Å². The predicted octanol–water partition coefficient (Wildman–Crippen LogP) is 2.41. The summed E-state index contributed by atoms with van der Waals surface area (Å²) in [6, 6.07) is 6.30. The third-order valence-electron chi connectivity index (χ3n) is 3.53. The predicted molar refractivity (Wildman–Crippen MR) is 68.6 cm³/mol. The topological polar surface area (TPSA) is 38.3 Å². The Morgan fingerprint density at radius 1 is 1.47 bits per heavy atom. The van der Waals surface area contributed by atoms with Gasteiger partial charge in [-0.3, -0.25) is 4.79 Å². The highest BCUT2D eigenvalue weighted by molar-refractivity contribution is 7.99. The van der Waals surface area contributed by atoms with Gasteiger partial charge in [0, 0.05) is 22.9 Å². The largest absolute Gasteiger partial charge is 0.468 e. The molecule has 0 saturated heterocycles. The van der Waals surface area contributed by atoms with Crippen molar-refractivity contribution < 1.29 is 9.53 Å². The van der Waals surface area contributed by atoms with Crippen molar-refractivity contribution in [2.45, 2.75) is 23.2 Å². The molecule has 2 aliphatic rings. The fourth-order valence-electron chi connectivity index (χ4n) is 2.37. The van der Waals surface area contributed by atoms with E-state index in [0.717, 1.165) is 36.4 Å². The van der Waals surface area contributed by atoms with E-state index < -0.39 is 0 Å². The molecule has 1 fully saturated rings. The molecule has 0 aromatic heterocycles. The first-order valence-corrected chi connectivity index (χ1v) is 6.84. The van der Waals surface area contributed by atoms with Crippen molar-refractivity contribution in [1.29, 1.82) is 0 Å². The van der Waals surface area contributed by atoms with Crippen LogP contribution in [0.4, 0.5) is 5.69 Å². The molecule has 0 unspecified atom stereocenters. The summed E-state index contributed by atoms with van der Waals surface area (Å²) in [6.07, 6.45) is 1.82. The van der Waals surface area contributed by atoms with Crippen LogP contribution in [0.1, 0.15) is 18.4 Å². The number of hydrogen-bond acceptors (Lipinski definition) is 4. The van der Waals surface area contributed by atoms with Crippen molar-refractivity contribution in [3.05, 3.63) is 23.8 Å². The molecule has 4 heteroatoms. The third kappa shape index (κ3) is 1.71. The van der Waals surface area contributed by atoms with E-state index in [-0.39, 0.29) is 11.4 Å². The van der Waals surface area contributed by atoms with Gasteiger partial charge in [0.1, 0.15) is 0 Å². The number of thioether (sulfide) groups is 1. The number of esters is 1. The molecule has 1 aliphatic heterocycles. The van der Waals surface area contributed by atoms with Gasteiger partial charge in [-0.1, -0.05) is 6.07 Å². The van der Waals surface area contributed by atoms with Gasteiger partial charge < -0.3 is 10.1 Å². The Hall–Kier alpha value is -1.16. The van der Waals surface area contributed by atoms with Crippen LogP contribution in [-0.2, 0) is 14.9 Å². The molecule has 0 atom stereocenters. The normalized spacial score (nSPS) is 20.1. The number of ether oxygens (including phenoxy) is 1. The highest BCUT2D eigenvalue weighted by atomic mass is 32.2. The molecule has 90 valence electrons. The molecule has 1 aliphatic carbocycles. The van der Waals surface area contributed by atoms with E-state index in [9.17, 15) is 4.79 Å². The van der Waals surface area contributed by atoms with Gasteiger partial charge in [0.05, 0.1) is 12.5 Å². The number of hydrogen-bond donors (Lipinski definition) is 1. The smallest absolute Gasteiger partial charge is 0.316 e. The van der Waals surface area contributed by atoms with Crippen LogP contribution in [0.3, 0.4) is 0 Å². The molecule has 1 aromatic rings. The van der Waals surface area contributed by atoms with Crippen LogP contribution in [0.5, 0.6) is 0 Å². The summed E-state index contributed by atoms with van der Waals surface area (Å²) in [5.41, 5.74) is 1.90. The summed E-state index contributed by atoms with van der Waals surface area (Å²) in [5.74, 6) is 1.01. The number of fused-ring (bicyclic) bond motifs is 1. The zero-order chi connectivity index (χ0) is 11.9. The first-order valence-electron chi connectivity index (χ1n) is 5.86. The number of anilines is 1. The molecule has 1 N–H and O–H groups in total. The summed E-state index contributed by atoms with van der Waals surface area (Å²) in [4.78, 5) is 13.1. The summed E-state index contributed by atoms with van der Waals surface area (Å²) in [5, 5.41) is 3.39. The molecule has 0 amide bonds. The van der Waals surface area contributed by atoms with E-state index >= 15 is 0 Å². The zero-order valence-electron chi connectivity index (χ0n) is 9.79. The number of carbonyl (C=O) groups excluding carboxylic acids is 1. The Bertz CT molecular complexity index is 468. The second-order valence-electron chi connectivity index (χ2n) is 4.56. The molecule has 1 saturated carbocycles. The molecule has 1 aromatic carbocycles. The lowest BCUT2D eigenvalue weighted by atomic mass is 9.95. The van der Waals surface area contributed by atoms with Crippen LogP contribution in [-0.4, -0.2) is 25.4 Å². The number of carbonyl (C=O) groups is 1. The number of benzene rings is 1. The van der Waals surface area contributed by atoms with Gasteiger partial charge in [0.25, 0.3) is 0 Å². The summed E-state index contributed by atoms with van der Waals surface area (Å²) in [7, 11) is 1.47. The molecule has 0 bridgehead atoms. The maximum Gasteiger partial charge on any atom is 0.316 e. The first-order chi connectivity index (χ1) is 8.26. The zero-order valence-corrected chi connectivity index (χ0v) is 10.6. The second kappa shape index (κ2) is 3.95. The van der Waals surface area contributed by atoms with Crippen LogP contribution in [0, 0.1) is 0 Å². The Balaban J connectivity index is 1.96. The summed E-state index contributed by atoms with van der Waals surface area (Å²) >= 11 is 1.86. The quantitative estimate of drug-likeness (QED) is 0.817. The van der Waals surface area contributed by atoms with E-state index in [2.05, 4.69) is 23.5 Å². The molecule has 1 heterocycles. The number of rotatable bonds is 2. The molecule has 0 spiro atoms. The lowest BCUT2D eigenvalue weighted by Crippen LogP contribution is -2.22. The third-order valence-corrected chi connectivity index (χ3v) is 4.61. The van der Waals surface area contributed by atoms with E-state index in [0.29, 0.717) is 0 Å². The van der Waals surface area contributed by atoms with Gasteiger partial charge in [-0.15, -0.1) is 11.8 Å². The van der Waals surface area contributed by atoms with Gasteiger partial charge in [0.15, 0.2) is 0 Å². The molecule has 17 heavy (non-hydrogen) atoms. The van der Waals surface area contributed by atoms with Crippen LogP contribution in [0.15, 0.2) is 23.1 Å². The highest BCUT2D eigenvalue weighted by Gasteiger charge is 2.52. The molecular weight excluding hydrogens is 234 g/mol. The minimum atomic E-state index is -0.354. The van der Waals surface area contributed by atoms with E-state index in [1.807, 2.05) is 11.8 Å². The number of methoxy groups -OCH3 is 1. The average Bonchev–Trinajstić information content (AvgIpc) is 3.19. The lowest BCUT2D eigenvalue weighted by molar-refractivity contribution is -0.143. The average molecular weight is 249 g/mol. The highest BCUT2D eigenvalue weighted by Crippen LogP contribution is 2.50. The Morgan fingerprint density at radius 2 is 2.29 bits per heavy atom. The van der Waals surface area contributed by atoms with Crippen molar-refractivity contribution in [3.8, 4) is 0 Å². The van der Waals surface area contributed by atoms with Gasteiger partial charge in [-0.2, -0.15) is 0 Å². The van der Waals surface area contributed by atoms with Crippen LogP contribution >= 0.6 is 11.8 Å². The van der Waals surface area contributed by atoms with Gasteiger partial charge in [-0.25, -0.2) is 0 Å². The number of nitrogens with one attached hydrogen (secondary N) is 1. The lowest BCUT2D eigenvalue weighted by Gasteiger charge is -2.20. The van der Waals surface area contributed by atoms with Crippen molar-refractivity contribution in [2.24, 2.45) is 0 Å². The maximum atomic E-state index is 11.8. The van der Waals surface area contributed by atoms with Crippen molar-refractivity contribution in [3.63, 3.8) is 0 Å². The molecule has 3 rings (SSSR count). The van der Waals surface area contributed by atoms with Crippen LogP contribution < -0.4 is 5.32 Å². The maximum absolute atomic E-state index is 11.8. The van der Waals surface area contributed by atoms with Crippen molar-refractivity contribution in [1.82, 2.24) is 0 Å². The fraction of sp³-hybridized carbons (Fsp3) is 0.462. The second-order valence-corrected chi connectivity index (χ2v) is 5.70. The fourth-order valence-corrected chi connectivity index (χ4v) is 3.24. The minimum Gasteiger partial charge on any atom is -0.468 e. The summed E-state index contributed by atoms with van der Waals surface area (Å²) < 4.78 is 4.91. The van der Waals surface area contributed by atoms with E-state index in [1.54, 1.807) is 0 Å². The monoisotopic (exact) mass is 249 g/mol. The molecular formula is C13H15NO2S. The summed E-state index contributed by atoms with van der Waals surface area (Å²) in [6.45, 7) is 0.992. The SMILES string of the molecule is COC(=O)C1(c2ccc3c(c2)NCCS3)CC1. The minimum absolute atomic E-state index is 0.0964.